The fourth-order valence-corrected chi connectivity index (χ4v) is 3.47. The van der Waals surface area contributed by atoms with Crippen LogP contribution in [-0.4, -0.2) is 18.5 Å². The molecule has 1 nitrogen and oxygen atoms in total. The summed E-state index contributed by atoms with van der Waals surface area (Å²) in [5.74, 6) is 0.760. The van der Waals surface area contributed by atoms with Gasteiger partial charge in [0.25, 0.3) is 0 Å². The summed E-state index contributed by atoms with van der Waals surface area (Å²) in [5, 5.41) is 0. The highest BCUT2D eigenvalue weighted by Crippen LogP contribution is 2.53. The number of nitrogens with zero attached hydrogens (tertiary/aromatic N) is 1. The first kappa shape index (κ1) is 14.6. The van der Waals surface area contributed by atoms with Gasteiger partial charge in [-0.1, -0.05) is 45.9 Å². The number of hydrogen-bond acceptors (Lipinski definition) is 1. The van der Waals surface area contributed by atoms with Gasteiger partial charge in [-0.3, -0.25) is 4.90 Å². The average Bonchev–Trinajstić information content (AvgIpc) is 3.18. The predicted molar refractivity (Wildman–Crippen MR) is 83.6 cm³/mol. The molecule has 1 aromatic carbocycles. The molecule has 1 saturated carbocycles. The lowest BCUT2D eigenvalue weighted by atomic mass is 9.85. The first-order valence-electron chi connectivity index (χ1n) is 7.96. The third kappa shape index (κ3) is 2.58. The lowest BCUT2D eigenvalue weighted by Gasteiger charge is -2.36. The lowest BCUT2D eigenvalue weighted by Crippen LogP contribution is -2.38. The third-order valence-electron chi connectivity index (χ3n) is 4.55. The van der Waals surface area contributed by atoms with Crippen molar-refractivity contribution in [1.29, 1.82) is 0 Å². The summed E-state index contributed by atoms with van der Waals surface area (Å²) in [7, 11) is 2.30. The van der Waals surface area contributed by atoms with E-state index in [1.54, 1.807) is 16.7 Å². The molecule has 0 unspecified atom stereocenters. The number of likely N-dealkylation sites (N-methyl/N-ethyl adjacent to an activating group) is 1. The number of rotatable bonds is 2. The van der Waals surface area contributed by atoms with Crippen molar-refractivity contribution in [3.05, 3.63) is 34.9 Å². The summed E-state index contributed by atoms with van der Waals surface area (Å²) in [5.41, 5.74) is 5.36. The topological polar surface area (TPSA) is 3.24 Å². The Morgan fingerprint density at radius 2 is 1.89 bits per heavy atom. The summed E-state index contributed by atoms with van der Waals surface area (Å²) in [4.78, 5) is 2.58. The van der Waals surface area contributed by atoms with E-state index in [0.29, 0.717) is 5.54 Å². The van der Waals surface area contributed by atoms with Crippen LogP contribution in [0, 0.1) is 5.92 Å². The maximum absolute atomic E-state index is 2.58. The van der Waals surface area contributed by atoms with Crippen LogP contribution in [0.1, 0.15) is 57.2 Å². The molecule has 0 atom stereocenters. The summed E-state index contributed by atoms with van der Waals surface area (Å²) in [6.07, 6.45) is 5.21. The highest BCUT2D eigenvalue weighted by molar-refractivity contribution is 5.45. The quantitative estimate of drug-likeness (QED) is 0.761. The molecule has 0 radical (unpaired) electrons. The van der Waals surface area contributed by atoms with E-state index in [4.69, 9.17) is 0 Å². The van der Waals surface area contributed by atoms with Gasteiger partial charge >= 0.3 is 0 Å². The van der Waals surface area contributed by atoms with Crippen molar-refractivity contribution >= 4 is 0 Å². The smallest absolute Gasteiger partial charge is 0.0462 e. The molecule has 0 bridgehead atoms. The molecule has 1 aliphatic carbocycles. The van der Waals surface area contributed by atoms with Gasteiger partial charge in [0.1, 0.15) is 0 Å². The van der Waals surface area contributed by atoms with Crippen molar-refractivity contribution < 1.29 is 0 Å². The van der Waals surface area contributed by atoms with Crippen LogP contribution in [0.2, 0.25) is 0 Å². The zero-order chi connectivity index (χ0) is 14.0. The average molecular weight is 259 g/mol. The van der Waals surface area contributed by atoms with E-state index in [-0.39, 0.29) is 0 Å². The first-order chi connectivity index (χ1) is 9.13. The summed E-state index contributed by atoms with van der Waals surface area (Å²) >= 11 is 0. The Morgan fingerprint density at radius 1 is 1.21 bits per heavy atom. The molecule has 0 aromatic heterocycles. The largest absolute Gasteiger partial charge is 0.296 e. The van der Waals surface area contributed by atoms with E-state index in [0.717, 1.165) is 5.92 Å². The van der Waals surface area contributed by atoms with Crippen molar-refractivity contribution in [3.63, 3.8) is 0 Å². The maximum Gasteiger partial charge on any atom is 0.0462 e. The van der Waals surface area contributed by atoms with Crippen LogP contribution in [0.4, 0.5) is 0 Å². The van der Waals surface area contributed by atoms with Crippen LogP contribution in [0.3, 0.4) is 0 Å². The van der Waals surface area contributed by atoms with E-state index in [9.17, 15) is 0 Å². The zero-order valence-electron chi connectivity index (χ0n) is 13.3. The second-order valence-electron chi connectivity index (χ2n) is 6.24. The van der Waals surface area contributed by atoms with E-state index in [1.807, 2.05) is 13.8 Å². The van der Waals surface area contributed by atoms with Gasteiger partial charge in [0.15, 0.2) is 0 Å². The molecule has 2 aliphatic rings. The minimum absolute atomic E-state index is 0.431. The molecule has 106 valence electrons. The Kier molecular flexibility index (Phi) is 4.35. The highest BCUT2D eigenvalue weighted by atomic mass is 15.2. The van der Waals surface area contributed by atoms with Gasteiger partial charge in [-0.05, 0) is 55.3 Å². The molecule has 0 N–H and O–H groups in total. The van der Waals surface area contributed by atoms with E-state index >= 15 is 0 Å². The minimum atomic E-state index is 0.431. The normalized spacial score (nSPS) is 19.9. The second-order valence-corrected chi connectivity index (χ2v) is 6.24. The molecule has 1 heterocycles. The maximum atomic E-state index is 2.58. The van der Waals surface area contributed by atoms with Crippen molar-refractivity contribution in [3.8, 4) is 0 Å². The van der Waals surface area contributed by atoms with E-state index in [1.165, 1.54) is 32.2 Å². The second kappa shape index (κ2) is 5.66. The Balaban J connectivity index is 0.000000637. The van der Waals surface area contributed by atoms with Crippen molar-refractivity contribution in [2.24, 2.45) is 5.92 Å². The molecular weight excluding hydrogens is 230 g/mol. The number of benzene rings is 1. The molecule has 1 fully saturated rings. The van der Waals surface area contributed by atoms with Crippen LogP contribution in [-0.2, 0) is 18.4 Å². The van der Waals surface area contributed by atoms with Crippen LogP contribution in [0.15, 0.2) is 18.2 Å². The van der Waals surface area contributed by atoms with Crippen molar-refractivity contribution in [1.82, 2.24) is 4.90 Å². The lowest BCUT2D eigenvalue weighted by molar-refractivity contribution is 0.208. The van der Waals surface area contributed by atoms with Gasteiger partial charge in [0.05, 0.1) is 0 Å². The molecule has 1 spiro atoms. The third-order valence-corrected chi connectivity index (χ3v) is 4.55. The van der Waals surface area contributed by atoms with Gasteiger partial charge in [-0.15, -0.1) is 0 Å². The summed E-state index contributed by atoms with van der Waals surface area (Å²) < 4.78 is 0. The highest BCUT2D eigenvalue weighted by Gasteiger charge is 2.50. The Bertz CT molecular complexity index is 429. The molecule has 1 heteroatoms. The summed E-state index contributed by atoms with van der Waals surface area (Å²) in [6, 6.07) is 7.00. The fourth-order valence-electron chi connectivity index (χ4n) is 3.47. The van der Waals surface area contributed by atoms with Gasteiger partial charge < -0.3 is 0 Å². The Labute approximate surface area is 119 Å². The molecule has 3 rings (SSSR count). The van der Waals surface area contributed by atoms with Crippen LogP contribution in [0.25, 0.3) is 0 Å². The van der Waals surface area contributed by atoms with Gasteiger partial charge in [-0.25, -0.2) is 0 Å². The van der Waals surface area contributed by atoms with Crippen LogP contribution < -0.4 is 0 Å². The molecule has 0 amide bonds. The molecule has 1 aliphatic heterocycles. The van der Waals surface area contributed by atoms with Gasteiger partial charge in [0.2, 0.25) is 0 Å². The molecule has 19 heavy (non-hydrogen) atoms. The molecular formula is C18H29N. The number of hydrogen-bond donors (Lipinski definition) is 0. The van der Waals surface area contributed by atoms with Crippen LogP contribution in [0.5, 0.6) is 0 Å². The van der Waals surface area contributed by atoms with Crippen molar-refractivity contribution in [2.45, 2.75) is 58.9 Å². The van der Waals surface area contributed by atoms with Crippen molar-refractivity contribution in [2.75, 3.05) is 13.6 Å². The monoisotopic (exact) mass is 259 g/mol. The van der Waals surface area contributed by atoms with Gasteiger partial charge in [-0.2, -0.15) is 0 Å². The van der Waals surface area contributed by atoms with Gasteiger partial charge in [0, 0.05) is 12.1 Å². The minimum Gasteiger partial charge on any atom is -0.296 e. The Morgan fingerprint density at radius 3 is 2.47 bits per heavy atom. The predicted octanol–water partition coefficient (Wildman–Crippen LogP) is 4.39. The summed E-state index contributed by atoms with van der Waals surface area (Å²) in [6.45, 7) is 9.88. The SMILES string of the molecule is CC.CC(C)Cc1cccc2c1CCN(C)C21CC1. The Hall–Kier alpha value is -0.820. The fraction of sp³-hybridized carbons (Fsp3) is 0.667. The molecule has 1 aromatic rings. The first-order valence-corrected chi connectivity index (χ1v) is 7.96. The number of fused-ring (bicyclic) bond motifs is 2. The van der Waals surface area contributed by atoms with E-state index < -0.39 is 0 Å². The van der Waals surface area contributed by atoms with Crippen LogP contribution >= 0.6 is 0 Å². The zero-order valence-corrected chi connectivity index (χ0v) is 13.3. The van der Waals surface area contributed by atoms with E-state index in [2.05, 4.69) is 44.0 Å². The molecule has 0 saturated heterocycles. The standard InChI is InChI=1S/C16H23N.C2H6/c1-12(2)11-13-5-4-6-15-14(13)7-10-17(3)16(15)8-9-16;1-2/h4-6,12H,7-11H2,1-3H3;1-2H3.